The number of phenolic OH excluding ortho intramolecular Hbond substituents is 1. The lowest BCUT2D eigenvalue weighted by atomic mass is 10.1. The van der Waals surface area contributed by atoms with Crippen molar-refractivity contribution in [2.24, 2.45) is 0 Å². The van der Waals surface area contributed by atoms with Crippen LogP contribution in [0.4, 0.5) is 5.69 Å². The molecule has 0 aliphatic carbocycles. The number of carboxylic acid groups (broad SMARTS) is 1. The Balaban J connectivity index is 2.20. The fourth-order valence-electron chi connectivity index (χ4n) is 2.50. The minimum atomic E-state index is -1.43. The van der Waals surface area contributed by atoms with E-state index in [4.69, 9.17) is 0 Å². The van der Waals surface area contributed by atoms with Crippen molar-refractivity contribution in [3.05, 3.63) is 64.2 Å². The van der Waals surface area contributed by atoms with Crippen LogP contribution in [0.3, 0.4) is 0 Å². The molecule has 0 fully saturated rings. The largest absolute Gasteiger partial charge is 0.508 e. The summed E-state index contributed by atoms with van der Waals surface area (Å²) in [6.07, 6.45) is -0.335. The predicted octanol–water partition coefficient (Wildman–Crippen LogP) is 1.34. The van der Waals surface area contributed by atoms with Crippen molar-refractivity contribution in [2.45, 2.75) is 23.4 Å². The summed E-state index contributed by atoms with van der Waals surface area (Å²) in [5, 5.41) is 34.8. The van der Waals surface area contributed by atoms with Crippen LogP contribution in [0.2, 0.25) is 0 Å². The second-order valence-electron chi connectivity index (χ2n) is 6.25. The summed E-state index contributed by atoms with van der Waals surface area (Å²) < 4.78 is 2.71. The van der Waals surface area contributed by atoms with Crippen molar-refractivity contribution in [1.29, 1.82) is 0 Å². The molecule has 0 heterocycles. The molecule has 2 amide bonds. The Morgan fingerprint density at radius 1 is 1.13 bits per heavy atom. The van der Waals surface area contributed by atoms with Crippen molar-refractivity contribution in [3.8, 4) is 5.75 Å². The maximum Gasteiger partial charge on any atom is 0.330 e. The first kappa shape index (κ1) is 23.6. The number of hydrogen-bond donors (Lipinski definition) is 5. The normalized spacial score (nSPS) is 12.4. The maximum atomic E-state index is 12.8. The number of phenols is 1. The Kier molecular flexibility index (Phi) is 8.34. The van der Waals surface area contributed by atoms with E-state index in [0.29, 0.717) is 0 Å². The molecular formula is C19H20N4O7S. The van der Waals surface area contributed by atoms with E-state index < -0.39 is 34.8 Å². The number of benzene rings is 2. The molecule has 0 bridgehead atoms. The molecule has 31 heavy (non-hydrogen) atoms. The van der Waals surface area contributed by atoms with E-state index in [1.54, 1.807) is 6.07 Å². The highest BCUT2D eigenvalue weighted by Crippen LogP contribution is 2.27. The van der Waals surface area contributed by atoms with Crippen molar-refractivity contribution in [3.63, 3.8) is 0 Å². The number of aromatic hydroxyl groups is 1. The first-order valence-electron chi connectivity index (χ1n) is 8.91. The van der Waals surface area contributed by atoms with Gasteiger partial charge in [0.05, 0.1) is 11.3 Å². The van der Waals surface area contributed by atoms with Gasteiger partial charge in [-0.05, 0) is 35.7 Å². The first-order valence-corrected chi connectivity index (χ1v) is 9.73. The summed E-state index contributed by atoms with van der Waals surface area (Å²) in [6, 6.07) is 8.47. The highest BCUT2D eigenvalue weighted by atomic mass is 32.2. The maximum absolute atomic E-state index is 12.8. The number of rotatable bonds is 10. The number of carbonyl (C=O) groups excluding carboxylic acids is 2. The second kappa shape index (κ2) is 10.9. The van der Waals surface area contributed by atoms with Gasteiger partial charge in [0.1, 0.15) is 16.7 Å². The summed E-state index contributed by atoms with van der Waals surface area (Å²) >= 11 is 0.785. The summed E-state index contributed by atoms with van der Waals surface area (Å²) in [7, 11) is 1.38. The van der Waals surface area contributed by atoms with Gasteiger partial charge in [-0.3, -0.25) is 19.7 Å². The van der Waals surface area contributed by atoms with E-state index in [1.165, 1.54) is 49.5 Å². The van der Waals surface area contributed by atoms with E-state index in [-0.39, 0.29) is 28.3 Å². The first-order chi connectivity index (χ1) is 14.7. The van der Waals surface area contributed by atoms with Crippen LogP contribution in [0.1, 0.15) is 18.0 Å². The number of carbonyl (C=O) groups is 3. The molecule has 0 aromatic heterocycles. The second-order valence-corrected chi connectivity index (χ2v) is 7.13. The number of nitrogens with one attached hydrogen (secondary N) is 3. The predicted molar refractivity (Wildman–Crippen MR) is 111 cm³/mol. The molecular weight excluding hydrogens is 428 g/mol. The number of amides is 2. The van der Waals surface area contributed by atoms with Crippen molar-refractivity contribution < 1.29 is 29.5 Å². The average molecular weight is 448 g/mol. The zero-order valence-corrected chi connectivity index (χ0v) is 17.1. The van der Waals surface area contributed by atoms with Gasteiger partial charge in [-0.25, -0.2) is 9.52 Å². The fraction of sp³-hybridized carbons (Fsp3) is 0.211. The van der Waals surface area contributed by atoms with Gasteiger partial charge in [0.2, 0.25) is 11.8 Å². The minimum absolute atomic E-state index is 0.0702. The molecule has 2 atom stereocenters. The van der Waals surface area contributed by atoms with Crippen LogP contribution in [0.25, 0.3) is 0 Å². The van der Waals surface area contributed by atoms with Crippen LogP contribution >= 0.6 is 11.9 Å². The van der Waals surface area contributed by atoms with Gasteiger partial charge in [0.25, 0.3) is 5.69 Å². The number of nitro groups is 1. The third kappa shape index (κ3) is 6.69. The van der Waals surface area contributed by atoms with E-state index in [1.807, 2.05) is 0 Å². The molecule has 0 saturated carbocycles. The Morgan fingerprint density at radius 2 is 1.77 bits per heavy atom. The molecule has 0 unspecified atom stereocenters. The molecule has 2 rings (SSSR count). The summed E-state index contributed by atoms with van der Waals surface area (Å²) in [6.45, 7) is 0. The zero-order chi connectivity index (χ0) is 23.0. The number of aliphatic carboxylic acids is 1. The van der Waals surface area contributed by atoms with Crippen molar-refractivity contribution in [1.82, 2.24) is 15.4 Å². The van der Waals surface area contributed by atoms with Crippen LogP contribution in [-0.2, 0) is 14.4 Å². The molecule has 12 heteroatoms. The number of para-hydroxylation sites is 1. The van der Waals surface area contributed by atoms with Crippen LogP contribution in [0.15, 0.2) is 53.4 Å². The van der Waals surface area contributed by atoms with Crippen LogP contribution < -0.4 is 15.4 Å². The van der Waals surface area contributed by atoms with Gasteiger partial charge in [-0.2, -0.15) is 0 Å². The summed E-state index contributed by atoms with van der Waals surface area (Å²) in [5.41, 5.74) is 0.0234. The van der Waals surface area contributed by atoms with Gasteiger partial charge in [-0.15, -0.1) is 0 Å². The number of carboxylic acids is 1. The van der Waals surface area contributed by atoms with Crippen LogP contribution in [-0.4, -0.2) is 46.0 Å². The Bertz CT molecular complexity index is 968. The lowest BCUT2D eigenvalue weighted by Gasteiger charge is -2.21. The SMILES string of the molecule is CNC(=O)C[C@@H](NSc1ccccc1[N+](=O)[O-])C(=O)N[C@@H](C(=O)O)c1ccc(O)cc1. The topological polar surface area (TPSA) is 171 Å². The standard InChI is InChI=1S/C19H20N4O7S/c1-20-16(25)10-13(22-31-15-5-3-2-4-14(15)23(29)30)18(26)21-17(19(27)28)11-6-8-12(24)9-7-11/h2-9,13,17,22,24H,10H2,1H3,(H,20,25)(H,21,26)(H,27,28)/t13-,17-/m1/s1. The third-order valence-electron chi connectivity index (χ3n) is 4.12. The molecule has 164 valence electrons. The van der Waals surface area contributed by atoms with E-state index in [9.17, 15) is 34.7 Å². The lowest BCUT2D eigenvalue weighted by Crippen LogP contribution is -2.47. The smallest absolute Gasteiger partial charge is 0.330 e. The fourth-order valence-corrected chi connectivity index (χ4v) is 3.35. The van der Waals surface area contributed by atoms with E-state index in [2.05, 4.69) is 15.4 Å². The molecule has 11 nitrogen and oxygen atoms in total. The Labute approximate surface area is 181 Å². The number of nitrogens with zero attached hydrogens (tertiary/aromatic N) is 1. The van der Waals surface area contributed by atoms with Crippen molar-refractivity contribution >= 4 is 35.4 Å². The molecule has 0 aliphatic heterocycles. The van der Waals surface area contributed by atoms with E-state index >= 15 is 0 Å². The van der Waals surface area contributed by atoms with Gasteiger partial charge in [0.15, 0.2) is 6.04 Å². The van der Waals surface area contributed by atoms with Crippen LogP contribution in [0, 0.1) is 10.1 Å². The highest BCUT2D eigenvalue weighted by Gasteiger charge is 2.28. The monoisotopic (exact) mass is 448 g/mol. The minimum Gasteiger partial charge on any atom is -0.508 e. The third-order valence-corrected chi connectivity index (χ3v) is 5.09. The summed E-state index contributed by atoms with van der Waals surface area (Å²) in [5.74, 6) is -2.70. The molecule has 0 aliphatic rings. The van der Waals surface area contributed by atoms with Gasteiger partial charge in [0, 0.05) is 13.1 Å². The number of nitro benzene ring substituents is 1. The molecule has 0 saturated heterocycles. The van der Waals surface area contributed by atoms with Gasteiger partial charge < -0.3 is 20.8 Å². The van der Waals surface area contributed by atoms with Gasteiger partial charge >= 0.3 is 5.97 Å². The molecule has 2 aromatic rings. The summed E-state index contributed by atoms with van der Waals surface area (Å²) in [4.78, 5) is 47.1. The van der Waals surface area contributed by atoms with Gasteiger partial charge in [-0.1, -0.05) is 24.3 Å². The molecule has 5 N–H and O–H groups in total. The number of hydrogen-bond acceptors (Lipinski definition) is 8. The zero-order valence-electron chi connectivity index (χ0n) is 16.3. The lowest BCUT2D eigenvalue weighted by molar-refractivity contribution is -0.387. The highest BCUT2D eigenvalue weighted by molar-refractivity contribution is 7.97. The Hall–Kier alpha value is -3.64. The van der Waals surface area contributed by atoms with E-state index in [0.717, 1.165) is 11.9 Å². The average Bonchev–Trinajstić information content (AvgIpc) is 2.75. The van der Waals surface area contributed by atoms with Crippen molar-refractivity contribution in [2.75, 3.05) is 7.05 Å². The van der Waals surface area contributed by atoms with Crippen LogP contribution in [0.5, 0.6) is 5.75 Å². The molecule has 0 radical (unpaired) electrons. The molecule has 0 spiro atoms. The Morgan fingerprint density at radius 3 is 2.35 bits per heavy atom. The molecule has 2 aromatic carbocycles. The quantitative estimate of drug-likeness (QED) is 0.204.